The predicted molar refractivity (Wildman–Crippen MR) is 100.0 cm³/mol. The number of benzene rings is 1. The number of likely N-dealkylation sites (tertiary alicyclic amines) is 1. The molecule has 1 atom stereocenters. The molecule has 3 heterocycles. The summed E-state index contributed by atoms with van der Waals surface area (Å²) in [5.41, 5.74) is 0.908. The summed E-state index contributed by atoms with van der Waals surface area (Å²) in [6, 6.07) is 9.72. The Kier molecular flexibility index (Phi) is 5.16. The van der Waals surface area contributed by atoms with E-state index in [1.807, 2.05) is 0 Å². The number of nitrogens with zero attached hydrogens (tertiary/aromatic N) is 3. The zero-order valence-electron chi connectivity index (χ0n) is 14.8. The molecule has 0 saturated carbocycles. The van der Waals surface area contributed by atoms with Gasteiger partial charge < -0.3 is 14.6 Å². The molecule has 1 aromatic carbocycles. The molecule has 1 aliphatic heterocycles. The zero-order valence-corrected chi connectivity index (χ0v) is 15.6. The molecule has 0 aliphatic carbocycles. The van der Waals surface area contributed by atoms with E-state index >= 15 is 0 Å². The fourth-order valence-corrected chi connectivity index (χ4v) is 3.83. The predicted octanol–water partition coefficient (Wildman–Crippen LogP) is 2.85. The standard InChI is InChI=1S/C19H17FN4O3S/c20-14-5-3-12(4-6-14)8-16-22-23-19(28-16)21-18(26)13-9-17(25)24(10-13)11-15-2-1-7-27-15/h1-7,13H,8-11H2,(H,21,23,26). The van der Waals surface area contributed by atoms with Crippen LogP contribution in [0.4, 0.5) is 9.52 Å². The fourth-order valence-electron chi connectivity index (χ4n) is 3.05. The summed E-state index contributed by atoms with van der Waals surface area (Å²) < 4.78 is 18.2. The second-order valence-corrected chi connectivity index (χ2v) is 7.61. The molecule has 144 valence electrons. The van der Waals surface area contributed by atoms with E-state index in [4.69, 9.17) is 4.42 Å². The minimum absolute atomic E-state index is 0.0780. The van der Waals surface area contributed by atoms with Crippen LogP contribution in [0, 0.1) is 11.7 Å². The highest BCUT2D eigenvalue weighted by atomic mass is 32.1. The van der Waals surface area contributed by atoms with E-state index in [0.29, 0.717) is 35.4 Å². The lowest BCUT2D eigenvalue weighted by Crippen LogP contribution is -2.27. The van der Waals surface area contributed by atoms with E-state index in [9.17, 15) is 14.0 Å². The maximum absolute atomic E-state index is 13.0. The van der Waals surface area contributed by atoms with Crippen molar-refractivity contribution < 1.29 is 18.4 Å². The molecule has 1 fully saturated rings. The molecule has 1 aliphatic rings. The summed E-state index contributed by atoms with van der Waals surface area (Å²) in [6.45, 7) is 0.697. The van der Waals surface area contributed by atoms with Crippen molar-refractivity contribution in [2.24, 2.45) is 5.92 Å². The Balaban J connectivity index is 1.33. The van der Waals surface area contributed by atoms with Gasteiger partial charge in [-0.3, -0.25) is 9.59 Å². The molecule has 28 heavy (non-hydrogen) atoms. The van der Waals surface area contributed by atoms with Gasteiger partial charge >= 0.3 is 0 Å². The van der Waals surface area contributed by atoms with Gasteiger partial charge in [-0.05, 0) is 29.8 Å². The average Bonchev–Trinajstić information content (AvgIpc) is 3.41. The van der Waals surface area contributed by atoms with Crippen LogP contribution in [0.25, 0.3) is 0 Å². The van der Waals surface area contributed by atoms with Crippen molar-refractivity contribution >= 4 is 28.3 Å². The van der Waals surface area contributed by atoms with Gasteiger partial charge in [-0.2, -0.15) is 0 Å². The van der Waals surface area contributed by atoms with Gasteiger partial charge in [-0.15, -0.1) is 10.2 Å². The molecule has 1 saturated heterocycles. The Hall–Kier alpha value is -3.07. The molecule has 0 bridgehead atoms. The Morgan fingerprint density at radius 3 is 2.86 bits per heavy atom. The van der Waals surface area contributed by atoms with Gasteiger partial charge in [0.1, 0.15) is 16.6 Å². The second kappa shape index (κ2) is 7.89. The van der Waals surface area contributed by atoms with Crippen molar-refractivity contribution in [1.29, 1.82) is 0 Å². The number of carbonyl (C=O) groups is 2. The highest BCUT2D eigenvalue weighted by molar-refractivity contribution is 7.15. The van der Waals surface area contributed by atoms with Crippen LogP contribution in [0.1, 0.15) is 22.8 Å². The van der Waals surface area contributed by atoms with Gasteiger partial charge in [0.25, 0.3) is 0 Å². The smallest absolute Gasteiger partial charge is 0.231 e. The Morgan fingerprint density at radius 1 is 1.29 bits per heavy atom. The van der Waals surface area contributed by atoms with E-state index in [1.165, 1.54) is 23.5 Å². The first kappa shape index (κ1) is 18.3. The molecule has 4 rings (SSSR count). The van der Waals surface area contributed by atoms with Crippen molar-refractivity contribution in [2.75, 3.05) is 11.9 Å². The van der Waals surface area contributed by atoms with Gasteiger partial charge in [-0.25, -0.2) is 4.39 Å². The molecule has 0 radical (unpaired) electrons. The first-order valence-corrected chi connectivity index (χ1v) is 9.56. The third-order valence-electron chi connectivity index (χ3n) is 4.48. The van der Waals surface area contributed by atoms with Gasteiger partial charge in [0, 0.05) is 19.4 Å². The summed E-state index contributed by atoms with van der Waals surface area (Å²) in [4.78, 5) is 26.3. The SMILES string of the molecule is O=C(Nc1nnc(Cc2ccc(F)cc2)s1)C1CC(=O)N(Cc2ccco2)C1. The van der Waals surface area contributed by atoms with E-state index in [2.05, 4.69) is 15.5 Å². The van der Waals surface area contributed by atoms with Crippen LogP contribution < -0.4 is 5.32 Å². The van der Waals surface area contributed by atoms with Crippen LogP contribution >= 0.6 is 11.3 Å². The van der Waals surface area contributed by atoms with E-state index in [-0.39, 0.29) is 24.1 Å². The minimum atomic E-state index is -0.438. The number of rotatable bonds is 6. The molecular formula is C19H17FN4O3S. The van der Waals surface area contributed by atoms with Crippen LogP contribution in [-0.4, -0.2) is 33.5 Å². The number of halogens is 1. The number of amides is 2. The maximum Gasteiger partial charge on any atom is 0.231 e. The van der Waals surface area contributed by atoms with Gasteiger partial charge in [0.2, 0.25) is 16.9 Å². The number of hydrogen-bond acceptors (Lipinski definition) is 6. The normalized spacial score (nSPS) is 16.5. The Labute approximate surface area is 164 Å². The van der Waals surface area contributed by atoms with Crippen LogP contribution in [0.5, 0.6) is 0 Å². The summed E-state index contributed by atoms with van der Waals surface area (Å²) in [6.07, 6.45) is 2.22. The maximum atomic E-state index is 13.0. The number of furan rings is 1. The van der Waals surface area contributed by atoms with Crippen molar-refractivity contribution in [3.63, 3.8) is 0 Å². The molecule has 2 aromatic heterocycles. The van der Waals surface area contributed by atoms with Crippen LogP contribution in [0.2, 0.25) is 0 Å². The van der Waals surface area contributed by atoms with Crippen LogP contribution in [0.3, 0.4) is 0 Å². The third kappa shape index (κ3) is 4.25. The highest BCUT2D eigenvalue weighted by Crippen LogP contribution is 2.24. The third-order valence-corrected chi connectivity index (χ3v) is 5.32. The van der Waals surface area contributed by atoms with Crippen LogP contribution in [-0.2, 0) is 22.6 Å². The first-order valence-electron chi connectivity index (χ1n) is 8.74. The van der Waals surface area contributed by atoms with E-state index in [0.717, 1.165) is 5.56 Å². The number of anilines is 1. The van der Waals surface area contributed by atoms with E-state index < -0.39 is 5.92 Å². The fraction of sp³-hybridized carbons (Fsp3) is 0.263. The van der Waals surface area contributed by atoms with E-state index in [1.54, 1.807) is 35.4 Å². The second-order valence-electron chi connectivity index (χ2n) is 6.55. The van der Waals surface area contributed by atoms with Gasteiger partial charge in [-0.1, -0.05) is 23.5 Å². The number of carbonyl (C=O) groups excluding carboxylic acids is 2. The lowest BCUT2D eigenvalue weighted by atomic mass is 10.1. The molecule has 0 spiro atoms. The largest absolute Gasteiger partial charge is 0.467 e. The molecule has 1 unspecified atom stereocenters. The van der Waals surface area contributed by atoms with Crippen molar-refractivity contribution in [3.05, 3.63) is 64.8 Å². The summed E-state index contributed by atoms with van der Waals surface area (Å²) in [5, 5.41) is 11.9. The monoisotopic (exact) mass is 400 g/mol. The van der Waals surface area contributed by atoms with Crippen molar-refractivity contribution in [3.8, 4) is 0 Å². The average molecular weight is 400 g/mol. The van der Waals surface area contributed by atoms with Gasteiger partial charge in [0.05, 0.1) is 18.7 Å². The number of hydrogen-bond donors (Lipinski definition) is 1. The summed E-state index contributed by atoms with van der Waals surface area (Å²) in [5.74, 6) is -0.373. The molecule has 2 amide bonds. The van der Waals surface area contributed by atoms with Crippen LogP contribution in [0.15, 0.2) is 47.1 Å². The molecule has 7 nitrogen and oxygen atoms in total. The van der Waals surface area contributed by atoms with Crippen molar-refractivity contribution in [2.45, 2.75) is 19.4 Å². The number of nitrogens with one attached hydrogen (secondary N) is 1. The Morgan fingerprint density at radius 2 is 2.11 bits per heavy atom. The van der Waals surface area contributed by atoms with Gasteiger partial charge in [0.15, 0.2) is 0 Å². The first-order chi connectivity index (χ1) is 13.6. The lowest BCUT2D eigenvalue weighted by molar-refractivity contribution is -0.128. The zero-order chi connectivity index (χ0) is 19.5. The highest BCUT2D eigenvalue weighted by Gasteiger charge is 2.35. The molecular weight excluding hydrogens is 383 g/mol. The number of aromatic nitrogens is 2. The lowest BCUT2D eigenvalue weighted by Gasteiger charge is -2.14. The quantitative estimate of drug-likeness (QED) is 0.687. The minimum Gasteiger partial charge on any atom is -0.467 e. The summed E-state index contributed by atoms with van der Waals surface area (Å²) in [7, 11) is 0. The van der Waals surface area contributed by atoms with Crippen molar-refractivity contribution in [1.82, 2.24) is 15.1 Å². The Bertz CT molecular complexity index is 971. The molecule has 9 heteroatoms. The molecule has 3 aromatic rings. The summed E-state index contributed by atoms with van der Waals surface area (Å²) >= 11 is 1.26. The topological polar surface area (TPSA) is 88.3 Å². The molecule has 1 N–H and O–H groups in total.